The van der Waals surface area contributed by atoms with Gasteiger partial charge in [0.1, 0.15) is 10.4 Å². The van der Waals surface area contributed by atoms with Crippen LogP contribution in [-0.4, -0.2) is 51.3 Å². The van der Waals surface area contributed by atoms with E-state index in [1.165, 1.54) is 19.3 Å². The van der Waals surface area contributed by atoms with Crippen LogP contribution in [-0.2, 0) is 16.8 Å². The molecule has 232 valence electrons. The van der Waals surface area contributed by atoms with Gasteiger partial charge in [0.05, 0.1) is 15.8 Å². The van der Waals surface area contributed by atoms with E-state index in [9.17, 15) is 14.4 Å². The van der Waals surface area contributed by atoms with Crippen LogP contribution in [0.1, 0.15) is 85.0 Å². The highest BCUT2D eigenvalue weighted by atomic mass is 35.5. The predicted octanol–water partition coefficient (Wildman–Crippen LogP) is 7.44. The molecule has 0 saturated carbocycles. The molecule has 1 aliphatic rings. The van der Waals surface area contributed by atoms with Gasteiger partial charge in [-0.15, -0.1) is 16.4 Å². The normalized spacial score (nSPS) is 14.4. The molecule has 0 radical (unpaired) electrons. The monoisotopic (exact) mass is 635 g/mol. The van der Waals surface area contributed by atoms with E-state index in [0.717, 1.165) is 46.8 Å². The highest BCUT2D eigenvalue weighted by Crippen LogP contribution is 2.34. The second-order valence-electron chi connectivity index (χ2n) is 12.6. The Morgan fingerprint density at radius 1 is 0.955 bits per heavy atom. The fourth-order valence-electron chi connectivity index (χ4n) is 5.24. The minimum Gasteiger partial charge on any atom is -0.442 e. The maximum Gasteiger partial charge on any atom is 0.436 e. The summed E-state index contributed by atoms with van der Waals surface area (Å²) in [4.78, 5) is 43.1. The Labute approximate surface area is 266 Å². The van der Waals surface area contributed by atoms with E-state index in [1.807, 2.05) is 44.2 Å². The molecule has 0 atom stereocenters. The van der Waals surface area contributed by atoms with E-state index in [0.29, 0.717) is 25.7 Å². The molecule has 3 heterocycles. The Kier molecular flexibility index (Phi) is 9.15. The first kappa shape index (κ1) is 31.7. The van der Waals surface area contributed by atoms with Crippen molar-refractivity contribution in [3.05, 3.63) is 81.2 Å². The summed E-state index contributed by atoms with van der Waals surface area (Å²) in [5.41, 5.74) is 0.826. The third-order valence-electron chi connectivity index (χ3n) is 7.43. The number of rotatable bonds is 7. The lowest BCUT2D eigenvalue weighted by Crippen LogP contribution is -2.40. The van der Waals surface area contributed by atoms with Gasteiger partial charge in [-0.3, -0.25) is 14.5 Å². The molecule has 1 saturated heterocycles. The summed E-state index contributed by atoms with van der Waals surface area (Å²) < 4.78 is 6.66. The molecule has 0 bridgehead atoms. The number of nitrogens with zero attached hydrogens (tertiary/aromatic N) is 3. The summed E-state index contributed by atoms with van der Waals surface area (Å²) in [6.45, 7) is 12.0. The number of benzene rings is 2. The smallest absolute Gasteiger partial charge is 0.436 e. The van der Waals surface area contributed by atoms with Crippen molar-refractivity contribution in [1.82, 2.24) is 20.0 Å². The zero-order chi connectivity index (χ0) is 31.6. The molecule has 2 amide bonds. The number of carbonyl (C=O) groups excluding carboxylic acids is 3. The molecule has 0 unspecified atom stereocenters. The van der Waals surface area contributed by atoms with Crippen molar-refractivity contribution in [1.29, 1.82) is 0 Å². The molecule has 5 rings (SSSR count). The third-order valence-corrected chi connectivity index (χ3v) is 8.87. The van der Waals surface area contributed by atoms with E-state index in [-0.39, 0.29) is 17.6 Å². The molecule has 2 N–H and O–H groups in total. The number of hydrogen-bond donors (Lipinski definition) is 2. The summed E-state index contributed by atoms with van der Waals surface area (Å²) in [5, 5.41) is 11.3. The van der Waals surface area contributed by atoms with Gasteiger partial charge in [0.2, 0.25) is 0 Å². The molecule has 0 spiro atoms. The Hall–Kier alpha value is -3.73. The second kappa shape index (κ2) is 12.7. The van der Waals surface area contributed by atoms with Crippen LogP contribution in [0.4, 0.5) is 10.6 Å². The van der Waals surface area contributed by atoms with Crippen LogP contribution < -0.4 is 10.6 Å². The van der Waals surface area contributed by atoms with Crippen LogP contribution in [0.15, 0.2) is 54.6 Å². The first-order valence-corrected chi connectivity index (χ1v) is 16.0. The number of thiophene rings is 1. The number of ether oxygens (including phenoxy) is 1. The molecule has 2 aromatic carbocycles. The van der Waals surface area contributed by atoms with E-state index in [2.05, 4.69) is 20.6 Å². The van der Waals surface area contributed by atoms with Crippen molar-refractivity contribution in [2.75, 3.05) is 18.4 Å². The van der Waals surface area contributed by atoms with Crippen molar-refractivity contribution < 1.29 is 19.1 Å². The van der Waals surface area contributed by atoms with Gasteiger partial charge in [0, 0.05) is 17.1 Å². The summed E-state index contributed by atoms with van der Waals surface area (Å²) >= 11 is 7.50. The van der Waals surface area contributed by atoms with Crippen LogP contribution in [0, 0.1) is 0 Å². The van der Waals surface area contributed by atoms with Crippen LogP contribution >= 0.6 is 22.9 Å². The van der Waals surface area contributed by atoms with Crippen LogP contribution in [0.3, 0.4) is 0 Å². The number of aromatic nitrogens is 2. The fourth-order valence-corrected chi connectivity index (χ4v) is 6.61. The van der Waals surface area contributed by atoms with E-state index in [4.69, 9.17) is 16.3 Å². The van der Waals surface area contributed by atoms with Gasteiger partial charge in [-0.25, -0.2) is 4.79 Å². The number of nitrogens with one attached hydrogen (secondary N) is 2. The minimum atomic E-state index is -0.778. The predicted molar refractivity (Wildman–Crippen MR) is 175 cm³/mol. The lowest BCUT2D eigenvalue weighted by Gasteiger charge is -2.27. The topological polar surface area (TPSA) is 106 Å². The van der Waals surface area contributed by atoms with Crippen molar-refractivity contribution in [2.45, 2.75) is 71.6 Å². The first-order valence-electron chi connectivity index (χ1n) is 14.8. The van der Waals surface area contributed by atoms with Crippen LogP contribution in [0.2, 0.25) is 5.02 Å². The van der Waals surface area contributed by atoms with E-state index >= 15 is 0 Å². The van der Waals surface area contributed by atoms with Gasteiger partial charge < -0.3 is 15.4 Å². The highest BCUT2D eigenvalue weighted by Gasteiger charge is 2.29. The molecule has 2 aromatic heterocycles. The average Bonchev–Trinajstić information content (AvgIpc) is 3.54. The average molecular weight is 636 g/mol. The summed E-state index contributed by atoms with van der Waals surface area (Å²) in [6, 6.07) is 16.5. The first-order chi connectivity index (χ1) is 20.8. The Morgan fingerprint density at radius 2 is 1.64 bits per heavy atom. The number of anilines is 1. The summed E-state index contributed by atoms with van der Waals surface area (Å²) in [6.07, 6.45) is 3.00. The number of piperidine rings is 1. The number of hydrogen-bond acceptors (Lipinski definition) is 7. The van der Waals surface area contributed by atoms with Crippen molar-refractivity contribution in [3.8, 4) is 0 Å². The minimum absolute atomic E-state index is 0.161. The molecule has 0 aliphatic carbocycles. The quantitative estimate of drug-likeness (QED) is 0.219. The van der Waals surface area contributed by atoms with Crippen molar-refractivity contribution in [2.24, 2.45) is 0 Å². The number of amides is 2. The largest absolute Gasteiger partial charge is 0.442 e. The van der Waals surface area contributed by atoms with Crippen molar-refractivity contribution >= 4 is 56.9 Å². The fraction of sp³-hybridized carbons (Fsp3) is 0.394. The Balaban J connectivity index is 1.40. The Morgan fingerprint density at radius 3 is 2.30 bits per heavy atom. The molecule has 11 heteroatoms. The maximum absolute atomic E-state index is 13.5. The number of carbonyl (C=O) groups is 3. The summed E-state index contributed by atoms with van der Waals surface area (Å²) in [7, 11) is 0. The molecule has 4 aromatic rings. The van der Waals surface area contributed by atoms with E-state index < -0.39 is 17.2 Å². The maximum atomic E-state index is 13.5. The van der Waals surface area contributed by atoms with Gasteiger partial charge in [0.15, 0.2) is 5.82 Å². The number of likely N-dealkylation sites (tertiary alicyclic amines) is 1. The molecular formula is C33H38ClN5O4S. The molecular weight excluding hydrogens is 598 g/mol. The zero-order valence-electron chi connectivity index (χ0n) is 25.7. The van der Waals surface area contributed by atoms with E-state index in [1.54, 1.807) is 45.0 Å². The van der Waals surface area contributed by atoms with Gasteiger partial charge in [-0.05, 0) is 95.9 Å². The highest BCUT2D eigenvalue weighted by molar-refractivity contribution is 7.20. The van der Waals surface area contributed by atoms with Gasteiger partial charge in [-0.1, -0.05) is 48.4 Å². The van der Waals surface area contributed by atoms with Gasteiger partial charge >= 0.3 is 6.09 Å². The third kappa shape index (κ3) is 7.31. The lowest BCUT2D eigenvalue weighted by molar-refractivity contribution is 0.0523. The molecule has 44 heavy (non-hydrogen) atoms. The summed E-state index contributed by atoms with van der Waals surface area (Å²) in [5.74, 6) is -0.565. The Bertz CT molecular complexity index is 1680. The van der Waals surface area contributed by atoms with Crippen molar-refractivity contribution in [3.63, 3.8) is 0 Å². The lowest BCUT2D eigenvalue weighted by atomic mass is 9.94. The molecule has 1 aliphatic heterocycles. The van der Waals surface area contributed by atoms with Gasteiger partial charge in [0.25, 0.3) is 11.8 Å². The number of halogens is 1. The molecule has 9 nitrogen and oxygen atoms in total. The zero-order valence-corrected chi connectivity index (χ0v) is 27.3. The standard InChI is InChI=1S/C33H38ClN5O4S/c1-32(2,3)43-31(42)39-30-23(19-26(44-30)29(41)36-33(4,5)24-11-7-8-12-25(24)34)27(37-39)35-28(40)22-15-13-21(14-16-22)20-38-17-9-6-10-18-38/h7-8,11-16,19H,6,9-10,17-18,20H2,1-5H3,(H,36,41)(H,35,37,40). The van der Waals surface area contributed by atoms with Gasteiger partial charge in [-0.2, -0.15) is 4.68 Å². The SMILES string of the molecule is CC(C)(C)OC(=O)n1nc(NC(=O)c2ccc(CN3CCCCC3)cc2)c2cc(C(=O)NC(C)(C)c3ccccc3Cl)sc21. The molecule has 1 fully saturated rings. The van der Waals surface area contributed by atoms with Crippen LogP contribution in [0.25, 0.3) is 10.2 Å². The van der Waals surface area contributed by atoms with Crippen LogP contribution in [0.5, 0.6) is 0 Å². The number of fused-ring (bicyclic) bond motifs is 1. The second-order valence-corrected chi connectivity index (χ2v) is 14.1.